The first-order chi connectivity index (χ1) is 9.16. The number of rotatable bonds is 1. The van der Waals surface area contributed by atoms with Gasteiger partial charge in [-0.15, -0.1) is 0 Å². The third-order valence-electron chi connectivity index (χ3n) is 4.05. The van der Waals surface area contributed by atoms with Gasteiger partial charge in [0.2, 0.25) is 5.91 Å². The van der Waals surface area contributed by atoms with E-state index in [4.69, 9.17) is 0 Å². The summed E-state index contributed by atoms with van der Waals surface area (Å²) in [4.78, 5) is 27.4. The number of nitrogens with one attached hydrogen (secondary N) is 1. The van der Waals surface area contributed by atoms with Gasteiger partial charge in [-0.2, -0.15) is 0 Å². The van der Waals surface area contributed by atoms with Crippen LogP contribution in [-0.4, -0.2) is 54.0 Å². The first-order valence-corrected chi connectivity index (χ1v) is 7.48. The lowest BCUT2D eigenvalue weighted by Crippen LogP contribution is -2.50. The fraction of sp³-hybridized carbons (Fsp3) is 0.857. The number of amides is 3. The maximum absolute atomic E-state index is 12.4. The Labute approximate surface area is 115 Å². The molecule has 19 heavy (non-hydrogen) atoms. The second-order valence-electron chi connectivity index (χ2n) is 5.65. The van der Waals surface area contributed by atoms with E-state index in [1.165, 1.54) is 12.8 Å². The van der Waals surface area contributed by atoms with Crippen molar-refractivity contribution in [3.8, 4) is 0 Å². The zero-order valence-electron chi connectivity index (χ0n) is 11.9. The summed E-state index contributed by atoms with van der Waals surface area (Å²) in [6, 6.07) is 0.439. The molecule has 0 spiro atoms. The molecule has 0 saturated carbocycles. The first-order valence-electron chi connectivity index (χ1n) is 7.48. The van der Waals surface area contributed by atoms with Crippen molar-refractivity contribution in [3.63, 3.8) is 0 Å². The Kier molecular flexibility index (Phi) is 5.05. The predicted octanol–water partition coefficient (Wildman–Crippen LogP) is 1.58. The van der Waals surface area contributed by atoms with Crippen LogP contribution in [0, 0.1) is 0 Å². The molecule has 108 valence electrons. The van der Waals surface area contributed by atoms with Crippen molar-refractivity contribution in [2.75, 3.05) is 26.2 Å². The summed E-state index contributed by atoms with van der Waals surface area (Å²) in [6.45, 7) is 4.89. The van der Waals surface area contributed by atoms with Gasteiger partial charge < -0.3 is 15.1 Å². The van der Waals surface area contributed by atoms with Crippen LogP contribution in [0.4, 0.5) is 4.79 Å². The maximum atomic E-state index is 12.4. The number of carbonyl (C=O) groups excluding carboxylic acids is 2. The van der Waals surface area contributed by atoms with E-state index in [1.807, 2.05) is 9.80 Å². The van der Waals surface area contributed by atoms with Crippen LogP contribution in [-0.2, 0) is 4.79 Å². The number of urea groups is 1. The van der Waals surface area contributed by atoms with Crippen LogP contribution in [0.1, 0.15) is 45.4 Å². The summed E-state index contributed by atoms with van der Waals surface area (Å²) in [5.41, 5.74) is 0. The van der Waals surface area contributed by atoms with E-state index in [1.54, 1.807) is 6.92 Å². The van der Waals surface area contributed by atoms with Crippen molar-refractivity contribution in [2.45, 2.75) is 51.5 Å². The van der Waals surface area contributed by atoms with E-state index in [0.29, 0.717) is 0 Å². The second-order valence-corrected chi connectivity index (χ2v) is 5.65. The molecular weight excluding hydrogens is 242 g/mol. The fourth-order valence-electron chi connectivity index (χ4n) is 2.96. The summed E-state index contributed by atoms with van der Waals surface area (Å²) < 4.78 is 0. The lowest BCUT2D eigenvalue weighted by molar-refractivity contribution is -0.119. The largest absolute Gasteiger partial charge is 0.353 e. The zero-order valence-corrected chi connectivity index (χ0v) is 11.9. The Hall–Kier alpha value is -1.26. The smallest absolute Gasteiger partial charge is 0.319 e. The summed E-state index contributed by atoms with van der Waals surface area (Å²) in [5.74, 6) is 0.0253. The van der Waals surface area contributed by atoms with E-state index in [-0.39, 0.29) is 18.0 Å². The summed E-state index contributed by atoms with van der Waals surface area (Å²) in [6.07, 6.45) is 6.50. The minimum Gasteiger partial charge on any atom is -0.353 e. The molecule has 0 radical (unpaired) electrons. The molecule has 5 nitrogen and oxygen atoms in total. The first kappa shape index (κ1) is 14.2. The zero-order chi connectivity index (χ0) is 13.7. The third-order valence-corrected chi connectivity index (χ3v) is 4.05. The van der Waals surface area contributed by atoms with Gasteiger partial charge >= 0.3 is 6.03 Å². The maximum Gasteiger partial charge on any atom is 0.319 e. The van der Waals surface area contributed by atoms with Crippen molar-refractivity contribution in [1.29, 1.82) is 0 Å². The average molecular weight is 267 g/mol. The van der Waals surface area contributed by atoms with Crippen molar-refractivity contribution >= 4 is 11.9 Å². The highest BCUT2D eigenvalue weighted by atomic mass is 16.2. The minimum atomic E-state index is 0.0253. The molecule has 0 aromatic carbocycles. The van der Waals surface area contributed by atoms with Crippen LogP contribution < -0.4 is 5.32 Å². The predicted molar refractivity (Wildman–Crippen MR) is 73.8 cm³/mol. The highest BCUT2D eigenvalue weighted by Gasteiger charge is 2.26. The molecule has 2 rings (SSSR count). The fourth-order valence-corrected chi connectivity index (χ4v) is 2.96. The summed E-state index contributed by atoms with van der Waals surface area (Å²) in [5, 5.41) is 2.94. The summed E-state index contributed by atoms with van der Waals surface area (Å²) in [7, 11) is 0. The Morgan fingerprint density at radius 1 is 0.895 bits per heavy atom. The molecule has 1 N–H and O–H groups in total. The van der Waals surface area contributed by atoms with Crippen LogP contribution in [0.15, 0.2) is 0 Å². The number of hydrogen-bond acceptors (Lipinski definition) is 2. The van der Waals surface area contributed by atoms with Gasteiger partial charge in [-0.25, -0.2) is 4.79 Å². The Morgan fingerprint density at radius 2 is 1.42 bits per heavy atom. The van der Waals surface area contributed by atoms with E-state index in [9.17, 15) is 9.59 Å². The normalized spacial score (nSPS) is 21.9. The van der Waals surface area contributed by atoms with Crippen LogP contribution >= 0.6 is 0 Å². The molecule has 0 aliphatic carbocycles. The van der Waals surface area contributed by atoms with Crippen molar-refractivity contribution in [1.82, 2.24) is 15.1 Å². The lowest BCUT2D eigenvalue weighted by Gasteiger charge is -2.35. The minimum absolute atomic E-state index is 0.0253. The van der Waals surface area contributed by atoms with Crippen LogP contribution in [0.5, 0.6) is 0 Å². The molecule has 0 aromatic heterocycles. The van der Waals surface area contributed by atoms with Gasteiger partial charge in [0.25, 0.3) is 0 Å². The van der Waals surface area contributed by atoms with Crippen LogP contribution in [0.25, 0.3) is 0 Å². The molecule has 0 atom stereocenters. The van der Waals surface area contributed by atoms with E-state index >= 15 is 0 Å². The molecular formula is C14H25N3O2. The van der Waals surface area contributed by atoms with Crippen molar-refractivity contribution in [2.24, 2.45) is 0 Å². The van der Waals surface area contributed by atoms with Crippen molar-refractivity contribution in [3.05, 3.63) is 0 Å². The van der Waals surface area contributed by atoms with Gasteiger partial charge in [0, 0.05) is 39.1 Å². The molecule has 5 heteroatoms. The van der Waals surface area contributed by atoms with Crippen molar-refractivity contribution < 1.29 is 9.59 Å². The molecule has 2 heterocycles. The summed E-state index contributed by atoms with van der Waals surface area (Å²) >= 11 is 0. The molecule has 2 saturated heterocycles. The lowest BCUT2D eigenvalue weighted by atomic mass is 10.1. The van der Waals surface area contributed by atoms with Gasteiger partial charge in [-0.1, -0.05) is 12.8 Å². The molecule has 3 amide bonds. The molecule has 0 unspecified atom stereocenters. The van der Waals surface area contributed by atoms with Gasteiger partial charge in [-0.05, 0) is 25.7 Å². The van der Waals surface area contributed by atoms with Crippen LogP contribution in [0.3, 0.4) is 0 Å². The molecule has 2 aliphatic rings. The monoisotopic (exact) mass is 267 g/mol. The quantitative estimate of drug-likeness (QED) is 0.784. The van der Waals surface area contributed by atoms with E-state index in [0.717, 1.165) is 51.9 Å². The van der Waals surface area contributed by atoms with Gasteiger partial charge in [0.1, 0.15) is 0 Å². The van der Waals surface area contributed by atoms with E-state index < -0.39 is 0 Å². The van der Waals surface area contributed by atoms with Crippen LogP contribution in [0.2, 0.25) is 0 Å². The number of piperidine rings is 1. The Bertz CT molecular complexity index is 317. The standard InChI is InChI=1S/C14H25N3O2/c1-12(18)15-13-6-10-17(11-7-13)14(19)16-8-4-2-3-5-9-16/h13H,2-11H2,1H3,(H,15,18). The molecule has 0 bridgehead atoms. The number of hydrogen-bond donors (Lipinski definition) is 1. The second kappa shape index (κ2) is 6.78. The molecule has 0 aromatic rings. The number of likely N-dealkylation sites (tertiary alicyclic amines) is 2. The Balaban J connectivity index is 1.79. The number of carbonyl (C=O) groups is 2. The molecule has 2 aliphatic heterocycles. The highest BCUT2D eigenvalue weighted by Crippen LogP contribution is 2.16. The number of nitrogens with zero attached hydrogens (tertiary/aromatic N) is 2. The van der Waals surface area contributed by atoms with E-state index in [2.05, 4.69) is 5.32 Å². The SMILES string of the molecule is CC(=O)NC1CCN(C(=O)N2CCCCCC2)CC1. The topological polar surface area (TPSA) is 52.7 Å². The third kappa shape index (κ3) is 4.11. The van der Waals surface area contributed by atoms with Gasteiger partial charge in [-0.3, -0.25) is 4.79 Å². The Morgan fingerprint density at radius 3 is 1.95 bits per heavy atom. The molecule has 2 fully saturated rings. The highest BCUT2D eigenvalue weighted by molar-refractivity contribution is 5.75. The average Bonchev–Trinajstić information content (AvgIpc) is 2.67. The van der Waals surface area contributed by atoms with Gasteiger partial charge in [0.05, 0.1) is 0 Å². The van der Waals surface area contributed by atoms with Gasteiger partial charge in [0.15, 0.2) is 0 Å².